The molecule has 0 N–H and O–H groups in total. The third-order valence-corrected chi connectivity index (χ3v) is 6.29. The van der Waals surface area contributed by atoms with E-state index >= 15 is 0 Å². The highest BCUT2D eigenvalue weighted by molar-refractivity contribution is 7.17. The number of allylic oxidation sites excluding steroid dienone is 3. The van der Waals surface area contributed by atoms with E-state index in [1.54, 1.807) is 40.1 Å². The van der Waals surface area contributed by atoms with Gasteiger partial charge in [0.05, 0.1) is 6.04 Å². The van der Waals surface area contributed by atoms with Crippen molar-refractivity contribution in [1.82, 2.24) is 9.47 Å². The number of aromatic nitrogens is 1. The number of halogens is 2. The molecule has 4 rings (SSSR count). The van der Waals surface area contributed by atoms with E-state index in [1.165, 1.54) is 21.4 Å². The van der Waals surface area contributed by atoms with Gasteiger partial charge in [0.2, 0.25) is 5.91 Å². The summed E-state index contributed by atoms with van der Waals surface area (Å²) in [7, 11) is 1.35. The Hall–Kier alpha value is -3.12. The summed E-state index contributed by atoms with van der Waals surface area (Å²) in [4.78, 5) is 32.0. The van der Waals surface area contributed by atoms with Crippen LogP contribution in [0.25, 0.3) is 11.1 Å². The number of alkyl halides is 2. The van der Waals surface area contributed by atoms with Crippen LogP contribution in [0.1, 0.15) is 37.8 Å². The summed E-state index contributed by atoms with van der Waals surface area (Å²) in [6.45, 7) is 4.73. The zero-order valence-electron chi connectivity index (χ0n) is 19.7. The Morgan fingerprint density at radius 1 is 1.29 bits per heavy atom. The quantitative estimate of drug-likeness (QED) is 0.361. The minimum Gasteiger partial charge on any atom is -0.430 e. The molecule has 1 amide bonds. The van der Waals surface area contributed by atoms with Crippen LogP contribution in [0.3, 0.4) is 0 Å². The smallest absolute Gasteiger partial charge is 0.408 e. The van der Waals surface area contributed by atoms with Crippen molar-refractivity contribution < 1.29 is 18.3 Å². The monoisotopic (exact) mass is 499 g/mol. The Labute approximate surface area is 205 Å². The van der Waals surface area contributed by atoms with E-state index in [-0.39, 0.29) is 23.3 Å². The van der Waals surface area contributed by atoms with Gasteiger partial charge in [-0.2, -0.15) is 8.78 Å². The first kappa shape index (κ1) is 25.0. The van der Waals surface area contributed by atoms with Crippen molar-refractivity contribution in [1.29, 1.82) is 0 Å². The first-order valence-corrected chi connectivity index (χ1v) is 12.1. The SMILES string of the molecule is CC/C=C/C=Nc1c(C)c(-c2ccc(OC(F)(F)P)cc2)cn(C2CN(C(=O)C3=CCC3)C2)c1=O. The Morgan fingerprint density at radius 2 is 1.97 bits per heavy atom. The van der Waals surface area contributed by atoms with Crippen LogP contribution in [-0.4, -0.2) is 40.5 Å². The highest BCUT2D eigenvalue weighted by Gasteiger charge is 2.35. The summed E-state index contributed by atoms with van der Waals surface area (Å²) in [5, 5.41) is 0. The zero-order chi connectivity index (χ0) is 25.2. The molecular formula is C26H28F2N3O3P. The van der Waals surface area contributed by atoms with Crippen molar-refractivity contribution in [2.75, 3.05) is 13.1 Å². The van der Waals surface area contributed by atoms with Crippen molar-refractivity contribution in [2.45, 2.75) is 45.0 Å². The van der Waals surface area contributed by atoms with Crippen LogP contribution >= 0.6 is 9.24 Å². The van der Waals surface area contributed by atoms with Crippen LogP contribution in [0.5, 0.6) is 5.75 Å². The standard InChI is InChI=1S/C26H28F2N3O3P/c1-3-4-5-13-29-23-17(2)22(18-9-11-21(12-10-18)34-26(27,28)35)16-31(25(23)33)20-14-30(15-20)24(32)19-7-6-8-19/h4-5,7,9-13,16,20H,3,6,8,14-15,35H2,1-2H3/b5-4+,29-13?. The number of pyridine rings is 1. The number of hydrogen-bond acceptors (Lipinski definition) is 4. The third kappa shape index (κ3) is 5.59. The average Bonchev–Trinajstić information content (AvgIpc) is 2.72. The van der Waals surface area contributed by atoms with Gasteiger partial charge in [-0.1, -0.05) is 31.2 Å². The molecule has 1 atom stereocenters. The number of carbonyl (C=O) groups excluding carboxylic acids is 1. The molecule has 184 valence electrons. The van der Waals surface area contributed by atoms with Crippen LogP contribution in [0, 0.1) is 6.92 Å². The van der Waals surface area contributed by atoms with Crippen molar-refractivity contribution in [3.8, 4) is 16.9 Å². The molecule has 1 unspecified atom stereocenters. The number of nitrogens with zero attached hydrogens (tertiary/aromatic N) is 3. The molecule has 6 nitrogen and oxygen atoms in total. The molecule has 1 aliphatic carbocycles. The van der Waals surface area contributed by atoms with Gasteiger partial charge in [-0.25, -0.2) is 0 Å². The minimum absolute atomic E-state index is 0.0288. The van der Waals surface area contributed by atoms with E-state index in [0.717, 1.165) is 36.0 Å². The molecule has 1 saturated heterocycles. The number of ether oxygens (including phenoxy) is 1. The van der Waals surface area contributed by atoms with E-state index in [4.69, 9.17) is 0 Å². The van der Waals surface area contributed by atoms with Crippen molar-refractivity contribution in [3.63, 3.8) is 0 Å². The van der Waals surface area contributed by atoms with Gasteiger partial charge in [-0.3, -0.25) is 14.6 Å². The second-order valence-electron chi connectivity index (χ2n) is 8.66. The largest absolute Gasteiger partial charge is 0.430 e. The average molecular weight is 499 g/mol. The summed E-state index contributed by atoms with van der Waals surface area (Å²) in [5.41, 5.74) is 3.10. The molecule has 0 spiro atoms. The van der Waals surface area contributed by atoms with E-state index < -0.39 is 5.85 Å². The summed E-state index contributed by atoms with van der Waals surface area (Å²) >= 11 is 0. The lowest BCUT2D eigenvalue weighted by Crippen LogP contribution is -2.53. The van der Waals surface area contributed by atoms with Crippen LogP contribution in [-0.2, 0) is 4.79 Å². The first-order chi connectivity index (χ1) is 16.7. The van der Waals surface area contributed by atoms with Crippen molar-refractivity contribution >= 4 is 27.0 Å². The van der Waals surface area contributed by atoms with E-state index in [9.17, 15) is 18.4 Å². The van der Waals surface area contributed by atoms with Crippen LogP contribution in [0.15, 0.2) is 64.1 Å². The van der Waals surface area contributed by atoms with Crippen molar-refractivity contribution in [2.24, 2.45) is 4.99 Å². The van der Waals surface area contributed by atoms with Crippen molar-refractivity contribution in [3.05, 3.63) is 70.2 Å². The summed E-state index contributed by atoms with van der Waals surface area (Å²) in [6, 6.07) is 6.11. The molecule has 1 aromatic carbocycles. The summed E-state index contributed by atoms with van der Waals surface area (Å²) in [5.74, 6) is -3.29. The van der Waals surface area contributed by atoms with Crippen LogP contribution in [0.4, 0.5) is 14.5 Å². The number of rotatable bonds is 8. The molecule has 2 aromatic rings. The molecule has 0 saturated carbocycles. The first-order valence-electron chi connectivity index (χ1n) is 11.6. The molecule has 1 aliphatic heterocycles. The van der Waals surface area contributed by atoms with E-state index in [1.807, 2.05) is 26.0 Å². The lowest BCUT2D eigenvalue weighted by atomic mass is 9.95. The highest BCUT2D eigenvalue weighted by atomic mass is 31.0. The van der Waals surface area contributed by atoms with Gasteiger partial charge in [0, 0.05) is 36.6 Å². The lowest BCUT2D eigenvalue weighted by Gasteiger charge is -2.41. The Balaban J connectivity index is 1.68. The minimum atomic E-state index is -3.36. The fourth-order valence-corrected chi connectivity index (χ4v) is 4.21. The van der Waals surface area contributed by atoms with Crippen LogP contribution in [0.2, 0.25) is 0 Å². The Bertz CT molecular complexity index is 1250. The van der Waals surface area contributed by atoms with Crippen LogP contribution < -0.4 is 10.3 Å². The highest BCUT2D eigenvalue weighted by Crippen LogP contribution is 2.34. The molecule has 35 heavy (non-hydrogen) atoms. The van der Waals surface area contributed by atoms with Gasteiger partial charge in [-0.05, 0) is 64.8 Å². The van der Waals surface area contributed by atoms with Gasteiger partial charge in [0.25, 0.3) is 5.56 Å². The van der Waals surface area contributed by atoms with E-state index in [0.29, 0.717) is 24.3 Å². The number of carbonyl (C=O) groups is 1. The number of likely N-dealkylation sites (tertiary alicyclic amines) is 1. The maximum Gasteiger partial charge on any atom is 0.408 e. The number of amides is 1. The molecule has 2 aliphatic rings. The van der Waals surface area contributed by atoms with Gasteiger partial charge < -0.3 is 14.2 Å². The number of benzene rings is 1. The number of hydrogen-bond donors (Lipinski definition) is 0. The second kappa shape index (κ2) is 10.2. The fraction of sp³-hybridized carbons (Fsp3) is 0.346. The molecule has 1 fully saturated rings. The molecule has 0 bridgehead atoms. The molecular weight excluding hydrogens is 471 g/mol. The summed E-state index contributed by atoms with van der Waals surface area (Å²) < 4.78 is 32.6. The van der Waals surface area contributed by atoms with Gasteiger partial charge in [0.1, 0.15) is 11.4 Å². The molecule has 1 aromatic heterocycles. The molecule has 2 heterocycles. The predicted octanol–water partition coefficient (Wildman–Crippen LogP) is 5.40. The fourth-order valence-electron chi connectivity index (χ4n) is 4.08. The normalized spacial score (nSPS) is 16.4. The lowest BCUT2D eigenvalue weighted by molar-refractivity contribution is -0.133. The molecule has 9 heteroatoms. The van der Waals surface area contributed by atoms with Gasteiger partial charge in [-0.15, -0.1) is 0 Å². The zero-order valence-corrected chi connectivity index (χ0v) is 20.9. The summed E-state index contributed by atoms with van der Waals surface area (Å²) in [6.07, 6.45) is 11.6. The molecule has 0 radical (unpaired) electrons. The van der Waals surface area contributed by atoms with Gasteiger partial charge in [0.15, 0.2) is 0 Å². The second-order valence-corrected chi connectivity index (χ2v) is 9.34. The topological polar surface area (TPSA) is 63.9 Å². The number of aliphatic imine (C=N–C) groups is 1. The Kier molecular flexibility index (Phi) is 7.31. The third-order valence-electron chi connectivity index (χ3n) is 6.17. The van der Waals surface area contributed by atoms with E-state index in [2.05, 4.69) is 9.73 Å². The maximum absolute atomic E-state index is 13.4. The van der Waals surface area contributed by atoms with Gasteiger partial charge >= 0.3 is 5.85 Å². The maximum atomic E-state index is 13.4. The Morgan fingerprint density at radius 3 is 2.54 bits per heavy atom. The predicted molar refractivity (Wildman–Crippen MR) is 137 cm³/mol.